The van der Waals surface area contributed by atoms with E-state index in [4.69, 9.17) is 4.74 Å². The van der Waals surface area contributed by atoms with E-state index in [0.717, 1.165) is 24.6 Å². The summed E-state index contributed by atoms with van der Waals surface area (Å²) in [4.78, 5) is 21.8. The summed E-state index contributed by atoms with van der Waals surface area (Å²) in [6.07, 6.45) is -2.14. The summed E-state index contributed by atoms with van der Waals surface area (Å²) in [6, 6.07) is 6.48. The first-order valence-electron chi connectivity index (χ1n) is 13.3. The molecule has 9 nitrogen and oxygen atoms in total. The van der Waals surface area contributed by atoms with E-state index in [0.29, 0.717) is 48.2 Å². The third-order valence-corrected chi connectivity index (χ3v) is 8.31. The molecule has 1 unspecified atom stereocenters. The molecule has 1 amide bonds. The van der Waals surface area contributed by atoms with Gasteiger partial charge >= 0.3 is 6.36 Å². The van der Waals surface area contributed by atoms with Crippen molar-refractivity contribution in [2.75, 3.05) is 39.0 Å². The van der Waals surface area contributed by atoms with Crippen LogP contribution < -0.4 is 4.74 Å². The van der Waals surface area contributed by atoms with E-state index < -0.39 is 34.1 Å². The number of nitrogens with zero attached hydrogens (tertiary/aromatic N) is 3. The van der Waals surface area contributed by atoms with Gasteiger partial charge in [-0.25, -0.2) is 17.8 Å². The van der Waals surface area contributed by atoms with Gasteiger partial charge in [0.15, 0.2) is 0 Å². The molecule has 2 aliphatic heterocycles. The number of ether oxygens (including phenoxy) is 2. The van der Waals surface area contributed by atoms with Gasteiger partial charge in [0, 0.05) is 49.8 Å². The van der Waals surface area contributed by atoms with E-state index in [1.807, 2.05) is 13.8 Å². The van der Waals surface area contributed by atoms with Crippen molar-refractivity contribution >= 4 is 27.0 Å². The largest absolute Gasteiger partial charge is 0.573 e. The SMILES string of the molecule is CC.CS(=O)(=O)N1CCOC(c2cc3c(C4CCN(C(=O)c5ccc(OC(F)(F)F)cc5)CC4)c(F)cnc3[nH]2)C1.[HH]. The number of morpholine rings is 1. The van der Waals surface area contributed by atoms with Crippen LogP contribution in [0.25, 0.3) is 11.0 Å². The number of H-pyrrole nitrogens is 1. The Kier molecular flexibility index (Phi) is 9.24. The topological polar surface area (TPSA) is 105 Å². The maximum atomic E-state index is 15.1. The van der Waals surface area contributed by atoms with Crippen molar-refractivity contribution in [1.82, 2.24) is 19.2 Å². The molecule has 1 atom stereocenters. The van der Waals surface area contributed by atoms with Gasteiger partial charge in [-0.05, 0) is 49.1 Å². The summed E-state index contributed by atoms with van der Waals surface area (Å²) >= 11 is 0. The molecule has 1 aromatic carbocycles. The molecule has 2 fully saturated rings. The zero-order valence-corrected chi connectivity index (χ0v) is 23.7. The number of fused-ring (bicyclic) bond motifs is 1. The van der Waals surface area contributed by atoms with Crippen LogP contribution in [0, 0.1) is 5.82 Å². The van der Waals surface area contributed by atoms with Gasteiger partial charge in [-0.15, -0.1) is 13.2 Å². The summed E-state index contributed by atoms with van der Waals surface area (Å²) < 4.78 is 87.2. The number of alkyl halides is 3. The van der Waals surface area contributed by atoms with Crippen LogP contribution in [0.1, 0.15) is 61.8 Å². The number of halogens is 4. The molecule has 0 saturated carbocycles. The molecule has 0 bridgehead atoms. The lowest BCUT2D eigenvalue weighted by Gasteiger charge is -2.32. The number of rotatable bonds is 5. The number of aromatic nitrogens is 2. The van der Waals surface area contributed by atoms with Gasteiger partial charge in [0.2, 0.25) is 10.0 Å². The number of pyridine rings is 1. The molecule has 226 valence electrons. The second kappa shape index (κ2) is 12.3. The van der Waals surface area contributed by atoms with Crippen molar-refractivity contribution in [2.45, 2.75) is 45.1 Å². The van der Waals surface area contributed by atoms with Crippen LogP contribution in [0.5, 0.6) is 5.75 Å². The summed E-state index contributed by atoms with van der Waals surface area (Å²) in [5.41, 5.74) is 1.76. The van der Waals surface area contributed by atoms with Crippen molar-refractivity contribution in [1.29, 1.82) is 0 Å². The minimum Gasteiger partial charge on any atom is -0.406 e. The lowest BCUT2D eigenvalue weighted by atomic mass is 9.87. The number of piperidine rings is 1. The number of sulfonamides is 1. The number of carbonyl (C=O) groups excluding carboxylic acids is 1. The van der Waals surface area contributed by atoms with Crippen LogP contribution in [-0.4, -0.2) is 78.9 Å². The van der Waals surface area contributed by atoms with Gasteiger partial charge in [-0.3, -0.25) is 4.79 Å². The smallest absolute Gasteiger partial charge is 0.406 e. The van der Waals surface area contributed by atoms with Crippen molar-refractivity contribution in [3.63, 3.8) is 0 Å². The molecule has 2 saturated heterocycles. The monoisotopic (exact) mass is 602 g/mol. The van der Waals surface area contributed by atoms with Crippen LogP contribution >= 0.6 is 0 Å². The minimum absolute atomic E-state index is 0. The van der Waals surface area contributed by atoms with Crippen molar-refractivity contribution in [2.24, 2.45) is 0 Å². The lowest BCUT2D eigenvalue weighted by molar-refractivity contribution is -0.274. The third-order valence-electron chi connectivity index (χ3n) is 7.04. The summed E-state index contributed by atoms with van der Waals surface area (Å²) in [6.45, 7) is 5.29. The van der Waals surface area contributed by atoms with Gasteiger partial charge < -0.3 is 19.4 Å². The maximum Gasteiger partial charge on any atom is 0.573 e. The Balaban J connectivity index is 0.00000158. The number of carbonyl (C=O) groups is 1. The van der Waals surface area contributed by atoms with Crippen LogP contribution in [0.2, 0.25) is 0 Å². The predicted molar refractivity (Wildman–Crippen MR) is 146 cm³/mol. The average Bonchev–Trinajstić information content (AvgIpc) is 3.37. The first kappa shape index (κ1) is 30.7. The highest BCUT2D eigenvalue weighted by Crippen LogP contribution is 2.36. The van der Waals surface area contributed by atoms with Gasteiger partial charge in [0.1, 0.15) is 23.3 Å². The number of nitrogens with one attached hydrogen (secondary N) is 1. The zero-order chi connectivity index (χ0) is 29.9. The third kappa shape index (κ3) is 7.16. The van der Waals surface area contributed by atoms with Crippen LogP contribution in [0.4, 0.5) is 17.6 Å². The molecule has 3 aromatic rings. The zero-order valence-electron chi connectivity index (χ0n) is 22.9. The molecule has 0 spiro atoms. The fraction of sp³-hybridized carbons (Fsp3) is 0.481. The number of aromatic amines is 1. The van der Waals surface area contributed by atoms with Crippen molar-refractivity contribution in [3.05, 3.63) is 59.2 Å². The number of amides is 1. The maximum absolute atomic E-state index is 15.1. The molecular weight excluding hydrogens is 568 g/mol. The van der Waals surface area contributed by atoms with E-state index in [1.165, 1.54) is 16.4 Å². The first-order chi connectivity index (χ1) is 19.4. The molecule has 4 heterocycles. The molecule has 0 radical (unpaired) electrons. The van der Waals surface area contributed by atoms with Crippen LogP contribution in [0.3, 0.4) is 0 Å². The average molecular weight is 603 g/mol. The number of hydrogen-bond acceptors (Lipinski definition) is 6. The van der Waals surface area contributed by atoms with E-state index in [2.05, 4.69) is 14.7 Å². The minimum atomic E-state index is -4.82. The van der Waals surface area contributed by atoms with E-state index in [1.54, 1.807) is 11.0 Å². The summed E-state index contributed by atoms with van der Waals surface area (Å²) in [7, 11) is -3.39. The Bertz CT molecular complexity index is 1480. The van der Waals surface area contributed by atoms with E-state index in [9.17, 15) is 26.4 Å². The van der Waals surface area contributed by atoms with Gasteiger partial charge in [0.25, 0.3) is 5.91 Å². The number of benzene rings is 1. The molecule has 2 aromatic heterocycles. The highest BCUT2D eigenvalue weighted by molar-refractivity contribution is 7.88. The molecular formula is C27H34F4N4O5S. The first-order valence-corrected chi connectivity index (χ1v) is 15.1. The molecule has 2 aliphatic rings. The second-order valence-corrected chi connectivity index (χ2v) is 11.6. The fourth-order valence-corrected chi connectivity index (χ4v) is 5.96. The second-order valence-electron chi connectivity index (χ2n) is 9.63. The van der Waals surface area contributed by atoms with Gasteiger partial charge in [0.05, 0.1) is 19.1 Å². The highest BCUT2D eigenvalue weighted by Gasteiger charge is 2.33. The Morgan fingerprint density at radius 2 is 1.80 bits per heavy atom. The van der Waals surface area contributed by atoms with Crippen LogP contribution in [-0.2, 0) is 14.8 Å². The van der Waals surface area contributed by atoms with Crippen molar-refractivity contribution in [3.8, 4) is 5.75 Å². The highest BCUT2D eigenvalue weighted by atomic mass is 32.2. The number of hydrogen-bond donors (Lipinski definition) is 1. The molecule has 0 aliphatic carbocycles. The predicted octanol–water partition coefficient (Wildman–Crippen LogP) is 5.23. The van der Waals surface area contributed by atoms with Gasteiger partial charge in [-0.2, -0.15) is 4.31 Å². The Labute approximate surface area is 237 Å². The Morgan fingerprint density at radius 3 is 2.41 bits per heavy atom. The normalized spacial score (nSPS) is 19.1. The molecule has 1 N–H and O–H groups in total. The quantitative estimate of drug-likeness (QED) is 0.402. The van der Waals surface area contributed by atoms with Gasteiger partial charge in [-0.1, -0.05) is 13.8 Å². The summed E-state index contributed by atoms with van der Waals surface area (Å²) in [5, 5.41) is 0.579. The Morgan fingerprint density at radius 1 is 1.15 bits per heavy atom. The Hall–Kier alpha value is -3.23. The molecule has 14 heteroatoms. The molecule has 41 heavy (non-hydrogen) atoms. The summed E-state index contributed by atoms with van der Waals surface area (Å²) in [5.74, 6) is -1.42. The van der Waals surface area contributed by atoms with Crippen molar-refractivity contribution < 1.29 is 41.7 Å². The number of likely N-dealkylation sites (tertiary alicyclic amines) is 1. The van der Waals surface area contributed by atoms with E-state index >= 15 is 4.39 Å². The van der Waals surface area contributed by atoms with E-state index in [-0.39, 0.29) is 38.5 Å². The lowest BCUT2D eigenvalue weighted by Crippen LogP contribution is -2.41. The fourth-order valence-electron chi connectivity index (χ4n) is 5.15. The molecule has 5 rings (SSSR count). The van der Waals surface area contributed by atoms with Crippen LogP contribution in [0.15, 0.2) is 36.5 Å². The standard InChI is InChI=1S/C25H26F4N4O5S.C2H6.H2/c1-39(35,36)33-10-11-37-21(14-33)20-12-18-22(19(26)13-30-23(18)31-20)15-6-8-32(9-7-15)24(34)16-2-4-17(5-3-16)38-25(27,28)29;1-2;/h2-5,12-13,15,21H,6-11,14H2,1H3,(H,30,31);1-2H3;1H.